The first-order valence-corrected chi connectivity index (χ1v) is 6.65. The van der Waals surface area contributed by atoms with Crippen molar-refractivity contribution in [2.24, 2.45) is 0 Å². The molecule has 1 atom stereocenters. The van der Waals surface area contributed by atoms with Gasteiger partial charge in [-0.3, -0.25) is 4.68 Å². The predicted molar refractivity (Wildman–Crippen MR) is 77.5 cm³/mol. The highest BCUT2D eigenvalue weighted by Gasteiger charge is 2.13. The van der Waals surface area contributed by atoms with Crippen molar-refractivity contribution in [3.05, 3.63) is 47.2 Å². The second-order valence-corrected chi connectivity index (χ2v) is 5.17. The Kier molecular flexibility index (Phi) is 4.45. The van der Waals surface area contributed by atoms with E-state index < -0.39 is 0 Å². The van der Waals surface area contributed by atoms with Gasteiger partial charge in [0.15, 0.2) is 0 Å². The second-order valence-electron chi connectivity index (χ2n) is 4.74. The molecule has 19 heavy (non-hydrogen) atoms. The molecule has 0 saturated heterocycles. The topological polar surface area (TPSA) is 50.1 Å². The maximum atomic E-state index is 9.53. The number of aliphatic hydroxyl groups is 1. The van der Waals surface area contributed by atoms with Crippen LogP contribution >= 0.6 is 11.6 Å². The van der Waals surface area contributed by atoms with Crippen molar-refractivity contribution < 1.29 is 5.11 Å². The fraction of sp³-hybridized carbons (Fsp3) is 0.357. The zero-order valence-electron chi connectivity index (χ0n) is 11.0. The van der Waals surface area contributed by atoms with Crippen LogP contribution in [0.4, 0.5) is 5.69 Å². The zero-order valence-corrected chi connectivity index (χ0v) is 11.8. The minimum atomic E-state index is -0.189. The van der Waals surface area contributed by atoms with Crippen LogP contribution in [0.3, 0.4) is 0 Å². The van der Waals surface area contributed by atoms with Gasteiger partial charge in [-0.05, 0) is 32.0 Å². The lowest BCUT2D eigenvalue weighted by atomic mass is 10.1. The number of benzene rings is 1. The van der Waals surface area contributed by atoms with Gasteiger partial charge in [-0.2, -0.15) is 5.10 Å². The second kappa shape index (κ2) is 6.08. The molecule has 0 amide bonds. The van der Waals surface area contributed by atoms with Gasteiger partial charge in [-0.1, -0.05) is 17.7 Å². The van der Waals surface area contributed by atoms with Crippen molar-refractivity contribution in [2.45, 2.75) is 25.9 Å². The maximum absolute atomic E-state index is 9.53. The smallest absolute Gasteiger partial charge is 0.0775 e. The third-order valence-electron chi connectivity index (χ3n) is 2.90. The molecule has 0 spiro atoms. The average molecular weight is 280 g/mol. The fourth-order valence-corrected chi connectivity index (χ4v) is 2.02. The van der Waals surface area contributed by atoms with Gasteiger partial charge >= 0.3 is 0 Å². The molecule has 2 rings (SSSR count). The summed E-state index contributed by atoms with van der Waals surface area (Å²) in [5.74, 6) is 0. The van der Waals surface area contributed by atoms with Crippen molar-refractivity contribution in [1.82, 2.24) is 9.78 Å². The van der Waals surface area contributed by atoms with E-state index >= 15 is 0 Å². The number of anilines is 1. The van der Waals surface area contributed by atoms with E-state index in [9.17, 15) is 5.11 Å². The van der Waals surface area contributed by atoms with Crippen LogP contribution in [-0.2, 0) is 0 Å². The van der Waals surface area contributed by atoms with Gasteiger partial charge in [0.05, 0.1) is 18.8 Å². The van der Waals surface area contributed by atoms with E-state index in [0.717, 1.165) is 11.3 Å². The minimum absolute atomic E-state index is 0.00367. The maximum Gasteiger partial charge on any atom is 0.0775 e. The Morgan fingerprint density at radius 1 is 1.42 bits per heavy atom. The Labute approximate surface area is 118 Å². The molecule has 0 bridgehead atoms. The standard InChI is InChI=1S/C14H18ClN3O/c1-10(2)18-8-11(7-16-18)14(9-19)17-13-5-3-4-12(15)6-13/h3-8,10,14,17,19H,9H2,1-2H3. The van der Waals surface area contributed by atoms with Crippen LogP contribution in [-0.4, -0.2) is 21.5 Å². The molecule has 2 N–H and O–H groups in total. The Morgan fingerprint density at radius 2 is 2.21 bits per heavy atom. The SMILES string of the molecule is CC(C)n1cc(C(CO)Nc2cccc(Cl)c2)cn1. The lowest BCUT2D eigenvalue weighted by molar-refractivity contribution is 0.276. The van der Waals surface area contributed by atoms with Crippen LogP contribution in [0.5, 0.6) is 0 Å². The molecule has 1 unspecified atom stereocenters. The molecule has 0 fully saturated rings. The summed E-state index contributed by atoms with van der Waals surface area (Å²) in [6, 6.07) is 7.55. The molecular weight excluding hydrogens is 262 g/mol. The first-order valence-electron chi connectivity index (χ1n) is 6.27. The van der Waals surface area contributed by atoms with E-state index in [2.05, 4.69) is 24.3 Å². The summed E-state index contributed by atoms with van der Waals surface area (Å²) in [6.45, 7) is 4.13. The van der Waals surface area contributed by atoms with E-state index in [4.69, 9.17) is 11.6 Å². The molecule has 0 aliphatic carbocycles. The highest BCUT2D eigenvalue weighted by molar-refractivity contribution is 6.30. The molecule has 0 radical (unpaired) electrons. The van der Waals surface area contributed by atoms with E-state index in [-0.39, 0.29) is 12.6 Å². The van der Waals surface area contributed by atoms with E-state index in [1.807, 2.05) is 35.1 Å². The van der Waals surface area contributed by atoms with Gasteiger partial charge < -0.3 is 10.4 Å². The number of rotatable bonds is 5. The van der Waals surface area contributed by atoms with E-state index in [0.29, 0.717) is 11.1 Å². The summed E-state index contributed by atoms with van der Waals surface area (Å²) in [7, 11) is 0. The van der Waals surface area contributed by atoms with Gasteiger partial charge in [0.1, 0.15) is 0 Å². The van der Waals surface area contributed by atoms with Crippen LogP contribution in [0.15, 0.2) is 36.7 Å². The van der Waals surface area contributed by atoms with Gasteiger partial charge in [0.25, 0.3) is 0 Å². The number of nitrogens with one attached hydrogen (secondary N) is 1. The molecule has 4 nitrogen and oxygen atoms in total. The van der Waals surface area contributed by atoms with Gasteiger partial charge in [-0.25, -0.2) is 0 Å². The van der Waals surface area contributed by atoms with E-state index in [1.165, 1.54) is 0 Å². The summed E-state index contributed by atoms with van der Waals surface area (Å²) in [6.07, 6.45) is 3.72. The molecule has 2 aromatic rings. The van der Waals surface area contributed by atoms with E-state index in [1.54, 1.807) is 6.20 Å². The lowest BCUT2D eigenvalue weighted by Gasteiger charge is -2.16. The quantitative estimate of drug-likeness (QED) is 0.883. The van der Waals surface area contributed by atoms with Crippen LogP contribution < -0.4 is 5.32 Å². The van der Waals surface area contributed by atoms with Crippen LogP contribution in [0.2, 0.25) is 5.02 Å². The Hall–Kier alpha value is -1.52. The number of aliphatic hydroxyl groups excluding tert-OH is 1. The lowest BCUT2D eigenvalue weighted by Crippen LogP contribution is -2.14. The number of aromatic nitrogens is 2. The third-order valence-corrected chi connectivity index (χ3v) is 3.14. The minimum Gasteiger partial charge on any atom is -0.394 e. The number of hydrogen-bond donors (Lipinski definition) is 2. The van der Waals surface area contributed by atoms with Crippen molar-refractivity contribution in [1.29, 1.82) is 0 Å². The third kappa shape index (κ3) is 3.49. The van der Waals surface area contributed by atoms with Crippen molar-refractivity contribution >= 4 is 17.3 Å². The summed E-state index contributed by atoms with van der Waals surface area (Å²) < 4.78 is 1.87. The van der Waals surface area contributed by atoms with Crippen molar-refractivity contribution in [2.75, 3.05) is 11.9 Å². The van der Waals surface area contributed by atoms with Gasteiger partial charge in [0.2, 0.25) is 0 Å². The first kappa shape index (κ1) is 13.9. The number of nitrogens with zero attached hydrogens (tertiary/aromatic N) is 2. The zero-order chi connectivity index (χ0) is 13.8. The number of halogens is 1. The Balaban J connectivity index is 2.15. The molecule has 1 aromatic carbocycles. The predicted octanol–water partition coefficient (Wildman–Crippen LogP) is 3.26. The number of hydrogen-bond acceptors (Lipinski definition) is 3. The highest BCUT2D eigenvalue weighted by atomic mass is 35.5. The van der Waals surface area contributed by atoms with Crippen molar-refractivity contribution in [3.8, 4) is 0 Å². The summed E-state index contributed by atoms with van der Waals surface area (Å²) in [5, 5.41) is 17.7. The molecular formula is C14H18ClN3O. The normalized spacial score (nSPS) is 12.7. The molecule has 0 aliphatic heterocycles. The van der Waals surface area contributed by atoms with Crippen LogP contribution in [0.1, 0.15) is 31.5 Å². The summed E-state index contributed by atoms with van der Waals surface area (Å²) in [5.41, 5.74) is 1.83. The fourth-order valence-electron chi connectivity index (χ4n) is 1.83. The average Bonchev–Trinajstić information content (AvgIpc) is 2.85. The molecule has 0 saturated carbocycles. The summed E-state index contributed by atoms with van der Waals surface area (Å²) >= 11 is 5.94. The first-order chi connectivity index (χ1) is 9.10. The largest absolute Gasteiger partial charge is 0.394 e. The molecule has 5 heteroatoms. The highest BCUT2D eigenvalue weighted by Crippen LogP contribution is 2.22. The van der Waals surface area contributed by atoms with Crippen LogP contribution in [0.25, 0.3) is 0 Å². The molecule has 0 aliphatic rings. The molecule has 1 heterocycles. The monoisotopic (exact) mass is 279 g/mol. The van der Waals surface area contributed by atoms with Gasteiger partial charge in [0, 0.05) is 28.5 Å². The Morgan fingerprint density at radius 3 is 2.79 bits per heavy atom. The van der Waals surface area contributed by atoms with Crippen molar-refractivity contribution in [3.63, 3.8) is 0 Å². The van der Waals surface area contributed by atoms with Crippen LogP contribution in [0, 0.1) is 0 Å². The molecule has 1 aromatic heterocycles. The molecule has 102 valence electrons. The summed E-state index contributed by atoms with van der Waals surface area (Å²) in [4.78, 5) is 0. The van der Waals surface area contributed by atoms with Gasteiger partial charge in [-0.15, -0.1) is 0 Å². The Bertz CT molecular complexity index is 539.